The Labute approximate surface area is 204 Å². The molecule has 9 nitrogen and oxygen atoms in total. The van der Waals surface area contributed by atoms with Gasteiger partial charge in [0.25, 0.3) is 15.9 Å². The first kappa shape index (κ1) is 24.0. The molecule has 180 valence electrons. The zero-order valence-electron chi connectivity index (χ0n) is 19.4. The van der Waals surface area contributed by atoms with Gasteiger partial charge in [-0.05, 0) is 61.0 Å². The van der Waals surface area contributed by atoms with Crippen molar-refractivity contribution < 1.29 is 17.9 Å². The van der Waals surface area contributed by atoms with Crippen molar-refractivity contribution in [2.45, 2.75) is 11.8 Å². The molecule has 0 aliphatic carbocycles. The molecular formula is C25H25N5O4S. The fraction of sp³-hybridized carbons (Fsp3) is 0.240. The van der Waals surface area contributed by atoms with Gasteiger partial charge in [-0.1, -0.05) is 6.07 Å². The van der Waals surface area contributed by atoms with Crippen molar-refractivity contribution in [3.63, 3.8) is 0 Å². The van der Waals surface area contributed by atoms with E-state index in [0.717, 1.165) is 0 Å². The first-order valence-electron chi connectivity index (χ1n) is 11.0. The maximum Gasteiger partial charge on any atom is 0.261 e. The van der Waals surface area contributed by atoms with Gasteiger partial charge in [0.2, 0.25) is 0 Å². The Balaban J connectivity index is 1.49. The number of rotatable bonds is 6. The van der Waals surface area contributed by atoms with Crippen LogP contribution in [0.5, 0.6) is 5.75 Å². The number of methoxy groups -OCH3 is 1. The van der Waals surface area contributed by atoms with Crippen LogP contribution in [0.4, 0.5) is 11.5 Å². The van der Waals surface area contributed by atoms with Gasteiger partial charge in [0.1, 0.15) is 17.6 Å². The van der Waals surface area contributed by atoms with Crippen LogP contribution in [0.2, 0.25) is 0 Å². The number of anilines is 2. The minimum Gasteiger partial charge on any atom is -0.497 e. The summed E-state index contributed by atoms with van der Waals surface area (Å²) in [5.41, 5.74) is 1.91. The number of hydrogen-bond acceptors (Lipinski definition) is 7. The van der Waals surface area contributed by atoms with Crippen LogP contribution in [0.15, 0.2) is 65.7 Å². The van der Waals surface area contributed by atoms with Crippen molar-refractivity contribution in [1.82, 2.24) is 9.88 Å². The highest BCUT2D eigenvalue weighted by atomic mass is 32.2. The predicted molar refractivity (Wildman–Crippen MR) is 132 cm³/mol. The lowest BCUT2D eigenvalue weighted by atomic mass is 10.1. The minimum atomic E-state index is -3.90. The number of benzene rings is 2. The maximum atomic E-state index is 13.3. The molecule has 2 heterocycles. The number of ether oxygens (including phenoxy) is 1. The summed E-state index contributed by atoms with van der Waals surface area (Å²) < 4.78 is 33.6. The number of pyridine rings is 1. The van der Waals surface area contributed by atoms with Gasteiger partial charge in [-0.2, -0.15) is 5.26 Å². The number of amides is 1. The van der Waals surface area contributed by atoms with Crippen molar-refractivity contribution in [3.8, 4) is 11.8 Å². The van der Waals surface area contributed by atoms with Crippen LogP contribution in [0.1, 0.15) is 21.5 Å². The third-order valence-corrected chi connectivity index (χ3v) is 7.24. The van der Waals surface area contributed by atoms with Crippen LogP contribution in [-0.2, 0) is 10.0 Å². The lowest BCUT2D eigenvalue weighted by Crippen LogP contribution is -2.49. The van der Waals surface area contributed by atoms with Gasteiger partial charge in [-0.25, -0.2) is 13.4 Å². The number of nitriles is 1. The van der Waals surface area contributed by atoms with Gasteiger partial charge in [0, 0.05) is 43.6 Å². The first-order valence-corrected chi connectivity index (χ1v) is 12.5. The molecule has 0 radical (unpaired) electrons. The average molecular weight is 492 g/mol. The highest BCUT2D eigenvalue weighted by molar-refractivity contribution is 7.92. The summed E-state index contributed by atoms with van der Waals surface area (Å²) in [4.78, 5) is 21.3. The quantitative estimate of drug-likeness (QED) is 0.563. The normalized spacial score (nSPS) is 13.7. The van der Waals surface area contributed by atoms with E-state index in [1.165, 1.54) is 19.2 Å². The highest BCUT2D eigenvalue weighted by Crippen LogP contribution is 2.23. The molecular weight excluding hydrogens is 466 g/mol. The predicted octanol–water partition coefficient (Wildman–Crippen LogP) is 3.03. The van der Waals surface area contributed by atoms with Gasteiger partial charge in [0.15, 0.2) is 0 Å². The fourth-order valence-electron chi connectivity index (χ4n) is 3.90. The second kappa shape index (κ2) is 10.0. The molecule has 0 atom stereocenters. The van der Waals surface area contributed by atoms with Crippen LogP contribution < -0.4 is 14.4 Å². The molecule has 4 rings (SSSR count). The van der Waals surface area contributed by atoms with E-state index in [0.29, 0.717) is 60.1 Å². The zero-order chi connectivity index (χ0) is 25.0. The Morgan fingerprint density at radius 3 is 2.46 bits per heavy atom. The van der Waals surface area contributed by atoms with Crippen LogP contribution in [0.25, 0.3) is 0 Å². The molecule has 1 saturated heterocycles. The summed E-state index contributed by atoms with van der Waals surface area (Å²) in [6.45, 7) is 3.69. The Morgan fingerprint density at radius 1 is 1.09 bits per heavy atom. The highest BCUT2D eigenvalue weighted by Gasteiger charge is 2.26. The van der Waals surface area contributed by atoms with Crippen molar-refractivity contribution in [2.75, 3.05) is 42.9 Å². The summed E-state index contributed by atoms with van der Waals surface area (Å²) in [5.74, 6) is 0.990. The number of sulfonamides is 1. The lowest BCUT2D eigenvalue weighted by Gasteiger charge is -2.36. The van der Waals surface area contributed by atoms with Crippen molar-refractivity contribution >= 4 is 27.4 Å². The Kier molecular flexibility index (Phi) is 6.89. The van der Waals surface area contributed by atoms with E-state index >= 15 is 0 Å². The molecule has 3 aromatic rings. The number of piperazine rings is 1. The Hall–Kier alpha value is -4.10. The van der Waals surface area contributed by atoms with E-state index < -0.39 is 10.0 Å². The molecule has 0 spiro atoms. The van der Waals surface area contributed by atoms with E-state index in [-0.39, 0.29) is 10.8 Å². The van der Waals surface area contributed by atoms with Gasteiger partial charge >= 0.3 is 0 Å². The third kappa shape index (κ3) is 5.20. The topological polar surface area (TPSA) is 116 Å². The lowest BCUT2D eigenvalue weighted by molar-refractivity contribution is 0.0745. The van der Waals surface area contributed by atoms with E-state index in [9.17, 15) is 18.5 Å². The van der Waals surface area contributed by atoms with Gasteiger partial charge < -0.3 is 14.5 Å². The molecule has 10 heteroatoms. The number of nitrogens with one attached hydrogen (secondary N) is 1. The third-order valence-electron chi connectivity index (χ3n) is 5.87. The molecule has 0 saturated carbocycles. The number of carbonyl (C=O) groups is 1. The Morgan fingerprint density at radius 2 is 1.80 bits per heavy atom. The monoisotopic (exact) mass is 491 g/mol. The molecule has 1 aliphatic heterocycles. The fourth-order valence-corrected chi connectivity index (χ4v) is 4.98. The number of hydrogen-bond donors (Lipinski definition) is 1. The molecule has 0 bridgehead atoms. The van der Waals surface area contributed by atoms with Crippen LogP contribution in [-0.4, -0.2) is 57.5 Å². The van der Waals surface area contributed by atoms with Crippen molar-refractivity contribution in [2.24, 2.45) is 0 Å². The van der Waals surface area contributed by atoms with Crippen LogP contribution in [0.3, 0.4) is 0 Å². The summed E-state index contributed by atoms with van der Waals surface area (Å²) in [7, 11) is -2.36. The smallest absolute Gasteiger partial charge is 0.261 e. The molecule has 0 unspecified atom stereocenters. The zero-order valence-corrected chi connectivity index (χ0v) is 20.2. The first-order chi connectivity index (χ1) is 16.8. The largest absolute Gasteiger partial charge is 0.497 e. The molecule has 1 amide bonds. The number of carbonyl (C=O) groups excluding carboxylic acids is 1. The van der Waals surface area contributed by atoms with E-state index in [2.05, 4.69) is 15.8 Å². The van der Waals surface area contributed by atoms with Gasteiger partial charge in [-0.3, -0.25) is 9.52 Å². The standard InChI is InChI=1S/C25H25N5O4S/c1-18-5-10-22(35(32,33)28-20-6-8-21(34-2)9-7-20)16-23(18)25(31)30-14-12-29(13-15-30)24-19(17-26)4-3-11-27-24/h3-11,16,28H,12-15H2,1-2H3. The molecule has 1 fully saturated rings. The second-order valence-electron chi connectivity index (χ2n) is 8.08. The van der Waals surface area contributed by atoms with Gasteiger partial charge in [-0.15, -0.1) is 0 Å². The summed E-state index contributed by atoms with van der Waals surface area (Å²) in [6, 6.07) is 16.7. The number of nitrogens with zero attached hydrogens (tertiary/aromatic N) is 4. The molecule has 2 aromatic carbocycles. The van der Waals surface area contributed by atoms with Crippen LogP contribution >= 0.6 is 0 Å². The second-order valence-corrected chi connectivity index (χ2v) is 9.76. The SMILES string of the molecule is COc1ccc(NS(=O)(=O)c2ccc(C)c(C(=O)N3CCN(c4ncccc4C#N)CC3)c2)cc1. The van der Waals surface area contributed by atoms with Crippen molar-refractivity contribution in [1.29, 1.82) is 5.26 Å². The van der Waals surface area contributed by atoms with Gasteiger partial charge in [0.05, 0.1) is 17.6 Å². The van der Waals surface area contributed by atoms with E-state index in [1.54, 1.807) is 60.5 Å². The summed E-state index contributed by atoms with van der Waals surface area (Å²) >= 11 is 0. The maximum absolute atomic E-state index is 13.3. The van der Waals surface area contributed by atoms with E-state index in [1.807, 2.05) is 4.90 Å². The van der Waals surface area contributed by atoms with E-state index in [4.69, 9.17) is 4.74 Å². The molecule has 35 heavy (non-hydrogen) atoms. The molecule has 1 N–H and O–H groups in total. The average Bonchev–Trinajstić information content (AvgIpc) is 2.88. The number of aryl methyl sites for hydroxylation is 1. The Bertz CT molecular complexity index is 1380. The summed E-state index contributed by atoms with van der Waals surface area (Å²) in [6.07, 6.45) is 1.64. The number of aromatic nitrogens is 1. The summed E-state index contributed by atoms with van der Waals surface area (Å²) in [5, 5.41) is 9.34. The molecule has 1 aliphatic rings. The van der Waals surface area contributed by atoms with Crippen LogP contribution in [0, 0.1) is 18.3 Å². The van der Waals surface area contributed by atoms with Crippen molar-refractivity contribution in [3.05, 3.63) is 77.5 Å². The molecule has 1 aromatic heterocycles. The minimum absolute atomic E-state index is 0.00746.